The maximum Gasteiger partial charge on any atom is 0.254 e. The Labute approximate surface area is 157 Å². The van der Waals surface area contributed by atoms with Crippen molar-refractivity contribution in [2.45, 2.75) is 32.3 Å². The van der Waals surface area contributed by atoms with Crippen molar-refractivity contribution in [2.75, 3.05) is 31.6 Å². The van der Waals surface area contributed by atoms with Gasteiger partial charge in [-0.25, -0.2) is 4.39 Å². The number of morpholine rings is 1. The van der Waals surface area contributed by atoms with Gasteiger partial charge in [0, 0.05) is 30.8 Å². The number of anilines is 1. The third-order valence-corrected chi connectivity index (χ3v) is 4.74. The summed E-state index contributed by atoms with van der Waals surface area (Å²) >= 11 is 0. The molecule has 3 amide bonds. The van der Waals surface area contributed by atoms with E-state index in [-0.39, 0.29) is 41.5 Å². The highest BCUT2D eigenvalue weighted by Crippen LogP contribution is 2.28. The molecule has 1 aromatic rings. The second-order valence-electron chi connectivity index (χ2n) is 7.60. The van der Waals surface area contributed by atoms with Crippen molar-refractivity contribution in [3.05, 3.63) is 29.6 Å². The quantitative estimate of drug-likeness (QED) is 0.833. The van der Waals surface area contributed by atoms with E-state index in [0.29, 0.717) is 32.5 Å². The Bertz CT molecular complexity index is 755. The van der Waals surface area contributed by atoms with Gasteiger partial charge in [0.05, 0.1) is 6.54 Å². The van der Waals surface area contributed by atoms with Crippen LogP contribution in [0.5, 0.6) is 0 Å². The summed E-state index contributed by atoms with van der Waals surface area (Å²) in [6.45, 7) is 4.96. The van der Waals surface area contributed by atoms with Gasteiger partial charge in [-0.1, -0.05) is 13.8 Å². The highest BCUT2D eigenvalue weighted by molar-refractivity contribution is 5.97. The van der Waals surface area contributed by atoms with Crippen LogP contribution in [0.3, 0.4) is 0 Å². The van der Waals surface area contributed by atoms with Gasteiger partial charge >= 0.3 is 0 Å². The average Bonchev–Trinajstić information content (AvgIpc) is 3.00. The number of hydrogen-bond donors (Lipinski definition) is 2. The first-order valence-electron chi connectivity index (χ1n) is 9.07. The molecule has 0 aromatic heterocycles. The summed E-state index contributed by atoms with van der Waals surface area (Å²) in [4.78, 5) is 37.6. The molecule has 2 fully saturated rings. The molecule has 8 heteroatoms. The predicted octanol–water partition coefficient (Wildman–Crippen LogP) is 1.54. The third kappa shape index (κ3) is 4.63. The lowest BCUT2D eigenvalue weighted by Crippen LogP contribution is -2.54. The van der Waals surface area contributed by atoms with E-state index in [0.717, 1.165) is 6.07 Å². The monoisotopic (exact) mass is 377 g/mol. The van der Waals surface area contributed by atoms with E-state index < -0.39 is 11.4 Å². The Morgan fingerprint density at radius 1 is 1.37 bits per heavy atom. The van der Waals surface area contributed by atoms with Gasteiger partial charge in [0.25, 0.3) is 5.91 Å². The summed E-state index contributed by atoms with van der Waals surface area (Å²) in [6, 6.07) is 3.84. The number of carbonyl (C=O) groups is 3. The maximum atomic E-state index is 14.0. The molecule has 27 heavy (non-hydrogen) atoms. The van der Waals surface area contributed by atoms with Crippen LogP contribution < -0.4 is 10.6 Å². The first kappa shape index (κ1) is 19.3. The molecule has 3 rings (SSSR count). The summed E-state index contributed by atoms with van der Waals surface area (Å²) in [7, 11) is 0. The Hall–Kier alpha value is -2.48. The van der Waals surface area contributed by atoms with Crippen molar-refractivity contribution in [3.8, 4) is 0 Å². The Morgan fingerprint density at radius 3 is 2.81 bits per heavy atom. The lowest BCUT2D eigenvalue weighted by molar-refractivity contribution is -0.141. The fourth-order valence-electron chi connectivity index (χ4n) is 3.41. The second-order valence-corrected chi connectivity index (χ2v) is 7.60. The topological polar surface area (TPSA) is 87.7 Å². The molecule has 1 unspecified atom stereocenters. The number of nitrogens with one attached hydrogen (secondary N) is 2. The number of amides is 3. The number of ether oxygens (including phenoxy) is 1. The summed E-state index contributed by atoms with van der Waals surface area (Å²) in [5.74, 6) is -1.13. The fraction of sp³-hybridized carbons (Fsp3) is 0.526. The molecule has 0 radical (unpaired) electrons. The Balaban J connectivity index is 1.70. The number of hydrogen-bond acceptors (Lipinski definition) is 4. The van der Waals surface area contributed by atoms with Gasteiger partial charge in [-0.3, -0.25) is 14.4 Å². The predicted molar refractivity (Wildman–Crippen MR) is 96.7 cm³/mol. The minimum atomic E-state index is -0.587. The van der Waals surface area contributed by atoms with E-state index in [1.54, 1.807) is 4.90 Å². The van der Waals surface area contributed by atoms with E-state index in [1.165, 1.54) is 12.1 Å². The molecular weight excluding hydrogens is 353 g/mol. The highest BCUT2D eigenvalue weighted by Gasteiger charge is 2.43. The Kier molecular flexibility index (Phi) is 5.46. The minimum Gasteiger partial charge on any atom is -0.361 e. The van der Waals surface area contributed by atoms with Crippen LogP contribution in [0.15, 0.2) is 18.2 Å². The van der Waals surface area contributed by atoms with E-state index >= 15 is 0 Å². The molecule has 2 N–H and O–H groups in total. The van der Waals surface area contributed by atoms with Gasteiger partial charge in [0.2, 0.25) is 11.8 Å². The summed E-state index contributed by atoms with van der Waals surface area (Å²) in [5, 5.41) is 5.40. The zero-order chi connectivity index (χ0) is 19.6. The lowest BCUT2D eigenvalue weighted by atomic mass is 10.0. The van der Waals surface area contributed by atoms with E-state index in [9.17, 15) is 18.8 Å². The number of benzene rings is 1. The Morgan fingerprint density at radius 2 is 2.15 bits per heavy atom. The highest BCUT2D eigenvalue weighted by atomic mass is 19.1. The molecule has 1 aromatic carbocycles. The van der Waals surface area contributed by atoms with Crippen LogP contribution in [0, 0.1) is 11.7 Å². The van der Waals surface area contributed by atoms with Crippen LogP contribution in [-0.2, 0) is 14.3 Å². The van der Waals surface area contributed by atoms with Crippen LogP contribution in [0.1, 0.15) is 37.0 Å². The van der Waals surface area contributed by atoms with Crippen molar-refractivity contribution < 1.29 is 23.5 Å². The van der Waals surface area contributed by atoms with Crippen LogP contribution >= 0.6 is 0 Å². The van der Waals surface area contributed by atoms with Crippen molar-refractivity contribution >= 4 is 23.4 Å². The van der Waals surface area contributed by atoms with Crippen molar-refractivity contribution in [1.82, 2.24) is 10.2 Å². The molecule has 1 atom stereocenters. The number of halogens is 1. The molecule has 7 nitrogen and oxygen atoms in total. The van der Waals surface area contributed by atoms with Gasteiger partial charge in [0.1, 0.15) is 18.0 Å². The SMILES string of the molecule is CC(C)CC(=O)Nc1cc(F)cc(C(=O)N2CCC3(CNC(=O)CO3)C2)c1. The molecule has 146 valence electrons. The first-order chi connectivity index (χ1) is 12.8. The molecule has 0 aliphatic carbocycles. The van der Waals surface area contributed by atoms with Crippen molar-refractivity contribution in [2.24, 2.45) is 5.92 Å². The first-order valence-corrected chi connectivity index (χ1v) is 9.07. The van der Waals surface area contributed by atoms with Gasteiger partial charge in [-0.15, -0.1) is 0 Å². The van der Waals surface area contributed by atoms with Crippen LogP contribution in [0.2, 0.25) is 0 Å². The lowest BCUT2D eigenvalue weighted by Gasteiger charge is -2.33. The smallest absolute Gasteiger partial charge is 0.254 e. The van der Waals surface area contributed by atoms with Crippen LogP contribution in [-0.4, -0.2) is 54.5 Å². The number of nitrogens with zero attached hydrogens (tertiary/aromatic N) is 1. The van der Waals surface area contributed by atoms with Crippen LogP contribution in [0.25, 0.3) is 0 Å². The van der Waals surface area contributed by atoms with Crippen molar-refractivity contribution in [1.29, 1.82) is 0 Å². The second kappa shape index (κ2) is 7.64. The molecule has 0 saturated carbocycles. The normalized spacial score (nSPS) is 22.2. The van der Waals surface area contributed by atoms with Gasteiger partial charge in [0.15, 0.2) is 0 Å². The largest absolute Gasteiger partial charge is 0.361 e. The standard InChI is InChI=1S/C19H24FN3O4/c1-12(2)5-16(24)22-15-7-13(6-14(20)8-15)18(26)23-4-3-19(11-23)10-21-17(25)9-27-19/h6-8,12H,3-5,9-11H2,1-2H3,(H,21,25)(H,22,24). The molecule has 0 bridgehead atoms. The summed E-state index contributed by atoms with van der Waals surface area (Å²) in [6.07, 6.45) is 0.920. The molecule has 2 aliphatic rings. The molecule has 2 heterocycles. The molecule has 2 saturated heterocycles. The zero-order valence-electron chi connectivity index (χ0n) is 15.5. The maximum absolute atomic E-state index is 14.0. The molecular formula is C19H24FN3O4. The zero-order valence-corrected chi connectivity index (χ0v) is 15.5. The number of likely N-dealkylation sites (tertiary alicyclic amines) is 1. The molecule has 2 aliphatic heterocycles. The van der Waals surface area contributed by atoms with Gasteiger partial charge in [-0.2, -0.15) is 0 Å². The van der Waals surface area contributed by atoms with Crippen molar-refractivity contribution in [3.63, 3.8) is 0 Å². The minimum absolute atomic E-state index is 0.0198. The molecule has 1 spiro atoms. The summed E-state index contributed by atoms with van der Waals surface area (Å²) in [5.41, 5.74) is -0.142. The fourth-order valence-corrected chi connectivity index (χ4v) is 3.41. The number of carbonyl (C=O) groups excluding carboxylic acids is 3. The van der Waals surface area contributed by atoms with Crippen LogP contribution in [0.4, 0.5) is 10.1 Å². The summed E-state index contributed by atoms with van der Waals surface area (Å²) < 4.78 is 19.6. The van der Waals surface area contributed by atoms with Gasteiger partial charge in [-0.05, 0) is 30.5 Å². The van der Waals surface area contributed by atoms with E-state index in [4.69, 9.17) is 4.74 Å². The average molecular weight is 377 g/mol. The number of rotatable bonds is 4. The van der Waals surface area contributed by atoms with Gasteiger partial charge < -0.3 is 20.3 Å². The third-order valence-electron chi connectivity index (χ3n) is 4.74. The van der Waals surface area contributed by atoms with E-state index in [1.807, 2.05) is 13.8 Å². The van der Waals surface area contributed by atoms with E-state index in [2.05, 4.69) is 10.6 Å².